The summed E-state index contributed by atoms with van der Waals surface area (Å²) in [6.07, 6.45) is 9.38. The Morgan fingerprint density at radius 2 is 1.77 bits per heavy atom. The van der Waals surface area contributed by atoms with E-state index in [9.17, 15) is 34.2 Å². The van der Waals surface area contributed by atoms with Gasteiger partial charge in [-0.1, -0.05) is 25.5 Å². The van der Waals surface area contributed by atoms with Crippen molar-refractivity contribution in [3.63, 3.8) is 0 Å². The predicted octanol–water partition coefficient (Wildman–Crippen LogP) is 2.90. The van der Waals surface area contributed by atoms with Crippen LogP contribution in [0.15, 0.2) is 23.8 Å². The number of ketones is 2. The second-order valence-electron chi connectivity index (χ2n) is 14.1. The standard InChI is InChI=1S/C33H45NO9/c1-31-13-11-22(35)15-21(31)7-8-23-24-12-14-33(42,32(24,2)16-25(36)29(23)31)26(37)18-43-28(39)10-9-27(38)34-17-19-3-5-20(6-4-19)30(40)41/h11,13,15,19-20,23-25,29,36,42H,3-10,12,14,16-18H2,1-2H3,(H,34,38)(H,40,41)/t19?,20?,23-,24-,25-,29-,31-,32-,33+/m0/s1. The number of carbonyl (C=O) groups is 5. The summed E-state index contributed by atoms with van der Waals surface area (Å²) in [4.78, 5) is 61.2. The third kappa shape index (κ3) is 5.72. The number of esters is 1. The van der Waals surface area contributed by atoms with Gasteiger partial charge in [0.25, 0.3) is 0 Å². The molecular weight excluding hydrogens is 554 g/mol. The number of nitrogens with one attached hydrogen (secondary N) is 1. The van der Waals surface area contributed by atoms with Crippen molar-refractivity contribution in [1.82, 2.24) is 5.32 Å². The van der Waals surface area contributed by atoms with Gasteiger partial charge in [-0.05, 0) is 87.7 Å². The van der Waals surface area contributed by atoms with Crippen molar-refractivity contribution in [2.75, 3.05) is 13.2 Å². The van der Waals surface area contributed by atoms with Crippen LogP contribution in [0.1, 0.15) is 84.5 Å². The van der Waals surface area contributed by atoms with E-state index in [0.717, 1.165) is 31.3 Å². The molecule has 0 aliphatic heterocycles. The highest BCUT2D eigenvalue weighted by atomic mass is 16.5. The number of carboxylic acids is 1. The number of carboxylic acid groups (broad SMARTS) is 1. The van der Waals surface area contributed by atoms with Crippen LogP contribution in [0.25, 0.3) is 0 Å². The van der Waals surface area contributed by atoms with Gasteiger partial charge in [-0.25, -0.2) is 0 Å². The second kappa shape index (κ2) is 11.9. The van der Waals surface area contributed by atoms with Gasteiger partial charge in [-0.3, -0.25) is 24.0 Å². The maximum absolute atomic E-state index is 13.4. The van der Waals surface area contributed by atoms with Gasteiger partial charge in [0.15, 0.2) is 12.4 Å². The fourth-order valence-electron chi connectivity index (χ4n) is 9.30. The van der Waals surface area contributed by atoms with Gasteiger partial charge in [0.1, 0.15) is 5.60 Å². The molecule has 0 saturated heterocycles. The van der Waals surface area contributed by atoms with Crippen molar-refractivity contribution in [2.45, 2.75) is 96.2 Å². The van der Waals surface area contributed by atoms with Gasteiger partial charge in [-0.2, -0.15) is 0 Å². The van der Waals surface area contributed by atoms with E-state index in [4.69, 9.17) is 9.84 Å². The van der Waals surface area contributed by atoms with E-state index in [1.54, 1.807) is 12.2 Å². The first kappa shape index (κ1) is 31.6. The van der Waals surface area contributed by atoms with Crippen molar-refractivity contribution in [1.29, 1.82) is 0 Å². The van der Waals surface area contributed by atoms with E-state index in [1.807, 2.05) is 13.0 Å². The molecular formula is C33H45NO9. The van der Waals surface area contributed by atoms with Crippen molar-refractivity contribution < 1.29 is 44.0 Å². The van der Waals surface area contributed by atoms with Crippen LogP contribution in [0.4, 0.5) is 0 Å². The summed E-state index contributed by atoms with van der Waals surface area (Å²) in [6, 6.07) is 0. The summed E-state index contributed by atoms with van der Waals surface area (Å²) >= 11 is 0. The summed E-state index contributed by atoms with van der Waals surface area (Å²) in [6.45, 7) is 3.79. The first-order chi connectivity index (χ1) is 20.3. The molecule has 4 fully saturated rings. The van der Waals surface area contributed by atoms with Crippen LogP contribution in [0.5, 0.6) is 0 Å². The van der Waals surface area contributed by atoms with Crippen LogP contribution in [-0.4, -0.2) is 69.6 Å². The van der Waals surface area contributed by atoms with Crippen LogP contribution < -0.4 is 5.32 Å². The van der Waals surface area contributed by atoms with Crippen molar-refractivity contribution in [3.8, 4) is 0 Å². The lowest BCUT2D eigenvalue weighted by atomic mass is 9.46. The molecule has 7 atom stereocenters. The van der Waals surface area contributed by atoms with Crippen molar-refractivity contribution >= 4 is 29.4 Å². The Morgan fingerprint density at radius 1 is 1.05 bits per heavy atom. The van der Waals surface area contributed by atoms with E-state index < -0.39 is 46.9 Å². The number of aliphatic carboxylic acids is 1. The lowest BCUT2D eigenvalue weighted by Gasteiger charge is -2.59. The first-order valence-electron chi connectivity index (χ1n) is 15.8. The van der Waals surface area contributed by atoms with Gasteiger partial charge >= 0.3 is 11.9 Å². The fraction of sp³-hybridized carbons (Fsp3) is 0.727. The van der Waals surface area contributed by atoms with Crippen LogP contribution in [0.2, 0.25) is 0 Å². The lowest BCUT2D eigenvalue weighted by molar-refractivity contribution is -0.181. The number of carbonyl (C=O) groups excluding carboxylic acids is 4. The number of aliphatic hydroxyl groups is 2. The summed E-state index contributed by atoms with van der Waals surface area (Å²) in [5.41, 5.74) is -2.02. The highest BCUT2D eigenvalue weighted by molar-refractivity contribution is 6.01. The van der Waals surface area contributed by atoms with Crippen molar-refractivity contribution in [2.24, 2.45) is 40.4 Å². The largest absolute Gasteiger partial charge is 0.481 e. The maximum Gasteiger partial charge on any atom is 0.306 e. The molecule has 1 amide bonds. The molecule has 0 aromatic carbocycles. The Balaban J connectivity index is 1.12. The van der Waals surface area contributed by atoms with Crippen LogP contribution >= 0.6 is 0 Å². The van der Waals surface area contributed by atoms with E-state index in [0.29, 0.717) is 25.8 Å². The van der Waals surface area contributed by atoms with Crippen LogP contribution in [0.3, 0.4) is 0 Å². The van der Waals surface area contributed by atoms with Crippen molar-refractivity contribution in [3.05, 3.63) is 23.8 Å². The minimum Gasteiger partial charge on any atom is -0.481 e. The minimum atomic E-state index is -1.74. The summed E-state index contributed by atoms with van der Waals surface area (Å²) in [5.74, 6) is -2.54. The Morgan fingerprint density at radius 3 is 2.47 bits per heavy atom. The Labute approximate surface area is 252 Å². The number of allylic oxidation sites excluding steroid dienone is 4. The number of fused-ring (bicyclic) bond motifs is 5. The molecule has 4 N–H and O–H groups in total. The molecule has 0 heterocycles. The topological polar surface area (TPSA) is 167 Å². The number of hydrogen-bond acceptors (Lipinski definition) is 8. The van der Waals surface area contributed by atoms with E-state index in [2.05, 4.69) is 12.2 Å². The Bertz CT molecular complexity index is 1230. The van der Waals surface area contributed by atoms with Gasteiger partial charge in [0, 0.05) is 29.7 Å². The predicted molar refractivity (Wildman–Crippen MR) is 154 cm³/mol. The molecule has 5 aliphatic rings. The molecule has 236 valence electrons. The normalized spacial score (nSPS) is 40.0. The average molecular weight is 600 g/mol. The Hall–Kier alpha value is -2.85. The molecule has 5 aliphatic carbocycles. The van der Waals surface area contributed by atoms with Gasteiger partial charge in [-0.15, -0.1) is 0 Å². The first-order valence-corrected chi connectivity index (χ1v) is 15.8. The third-order valence-electron chi connectivity index (χ3n) is 11.8. The van der Waals surface area contributed by atoms with E-state index in [-0.39, 0.29) is 67.0 Å². The third-order valence-corrected chi connectivity index (χ3v) is 11.8. The summed E-state index contributed by atoms with van der Waals surface area (Å²) in [7, 11) is 0. The molecule has 0 aromatic rings. The summed E-state index contributed by atoms with van der Waals surface area (Å²) in [5, 5.41) is 35.2. The zero-order valence-corrected chi connectivity index (χ0v) is 25.2. The van der Waals surface area contributed by atoms with E-state index in [1.165, 1.54) is 0 Å². The minimum absolute atomic E-state index is 0.00201. The van der Waals surface area contributed by atoms with Gasteiger partial charge in [0.2, 0.25) is 11.7 Å². The van der Waals surface area contributed by atoms with Gasteiger partial charge < -0.3 is 25.4 Å². The number of Topliss-reactive ketones (excluding diaryl/α,β-unsaturated/α-hetero) is 1. The Kier molecular flexibility index (Phi) is 8.75. The smallest absolute Gasteiger partial charge is 0.306 e. The number of ether oxygens (including phenoxy) is 1. The molecule has 0 bridgehead atoms. The molecule has 0 radical (unpaired) electrons. The molecule has 10 nitrogen and oxygen atoms in total. The highest BCUT2D eigenvalue weighted by Crippen LogP contribution is 2.67. The fourth-order valence-corrected chi connectivity index (χ4v) is 9.30. The molecule has 4 saturated carbocycles. The zero-order chi connectivity index (χ0) is 31.2. The molecule has 0 aromatic heterocycles. The molecule has 0 spiro atoms. The second-order valence-corrected chi connectivity index (χ2v) is 14.1. The summed E-state index contributed by atoms with van der Waals surface area (Å²) < 4.78 is 5.22. The van der Waals surface area contributed by atoms with Crippen LogP contribution in [-0.2, 0) is 28.7 Å². The average Bonchev–Trinajstić information content (AvgIpc) is 3.24. The quantitative estimate of drug-likeness (QED) is 0.291. The van der Waals surface area contributed by atoms with Gasteiger partial charge in [0.05, 0.1) is 18.4 Å². The number of hydrogen-bond donors (Lipinski definition) is 4. The van der Waals surface area contributed by atoms with E-state index >= 15 is 0 Å². The number of aliphatic hydroxyl groups excluding tert-OH is 1. The molecule has 5 rings (SSSR count). The highest BCUT2D eigenvalue weighted by Gasteiger charge is 2.68. The zero-order valence-electron chi connectivity index (χ0n) is 25.2. The molecule has 10 heteroatoms. The SMILES string of the molecule is C[C@]12C=CC(=O)C=C1CC[C@@H]1[C@H]2[C@@H](O)C[C@@]2(C)[C@H]1CC[C@@]2(O)C(=O)COC(=O)CCC(=O)NCC1CCC(C(=O)O)CC1. The number of amides is 1. The maximum atomic E-state index is 13.4. The lowest BCUT2D eigenvalue weighted by Crippen LogP contribution is -2.61. The molecule has 0 unspecified atom stereocenters. The number of rotatable bonds is 9. The monoisotopic (exact) mass is 599 g/mol. The van der Waals surface area contributed by atoms with Crippen LogP contribution in [0, 0.1) is 40.4 Å². The molecule has 43 heavy (non-hydrogen) atoms.